The summed E-state index contributed by atoms with van der Waals surface area (Å²) >= 11 is 0. The Kier molecular flexibility index (Phi) is 12.9. The Hall–Kier alpha value is -1.32. The number of unbranched alkanes of at least 4 members (excludes halogenated alkanes) is 11. The Bertz CT molecular complexity index is 474. The monoisotopic (exact) mass is 376 g/mol. The summed E-state index contributed by atoms with van der Waals surface area (Å²) in [6.45, 7) is 10.4. The number of nitrogens with zero attached hydrogens (tertiary/aromatic N) is 3. The average molecular weight is 377 g/mol. The van der Waals surface area contributed by atoms with Crippen molar-refractivity contribution >= 4 is 11.8 Å². The average Bonchev–Trinajstić information content (AvgIpc) is 2.65. The summed E-state index contributed by atoms with van der Waals surface area (Å²) in [5.41, 5.74) is 8.43. The van der Waals surface area contributed by atoms with Crippen LogP contribution in [-0.4, -0.2) is 23.1 Å². The van der Waals surface area contributed by atoms with E-state index in [9.17, 15) is 0 Å². The molecule has 0 fully saturated rings. The van der Waals surface area contributed by atoms with E-state index in [1.807, 2.05) is 0 Å². The quantitative estimate of drug-likeness (QED) is 0.336. The zero-order chi connectivity index (χ0) is 19.9. The summed E-state index contributed by atoms with van der Waals surface area (Å²) in [7, 11) is 0. The third-order valence-electron chi connectivity index (χ3n) is 5.56. The topological polar surface area (TPSA) is 55.0 Å². The smallest absolute Gasteiger partial charge is 0.227 e. The molecule has 0 aliphatic carbocycles. The first kappa shape index (κ1) is 23.7. The molecule has 0 amide bonds. The van der Waals surface area contributed by atoms with Gasteiger partial charge in [-0.2, -0.15) is 4.98 Å². The van der Waals surface area contributed by atoms with Gasteiger partial charge in [-0.05, 0) is 33.6 Å². The van der Waals surface area contributed by atoms with Crippen molar-refractivity contribution in [1.29, 1.82) is 0 Å². The van der Waals surface area contributed by atoms with Crippen LogP contribution in [0.15, 0.2) is 0 Å². The van der Waals surface area contributed by atoms with Gasteiger partial charge in [-0.25, -0.2) is 4.98 Å². The van der Waals surface area contributed by atoms with Crippen LogP contribution in [0.5, 0.6) is 0 Å². The van der Waals surface area contributed by atoms with Crippen LogP contribution in [0.4, 0.5) is 11.8 Å². The van der Waals surface area contributed by atoms with E-state index in [-0.39, 0.29) is 0 Å². The molecule has 1 aromatic rings. The summed E-state index contributed by atoms with van der Waals surface area (Å²) in [5, 5.41) is 0. The molecule has 27 heavy (non-hydrogen) atoms. The zero-order valence-corrected chi connectivity index (χ0v) is 18.5. The Morgan fingerprint density at radius 3 is 1.63 bits per heavy atom. The normalized spacial score (nSPS) is 11.1. The van der Waals surface area contributed by atoms with Gasteiger partial charge in [-0.1, -0.05) is 77.6 Å². The molecule has 0 bridgehead atoms. The van der Waals surface area contributed by atoms with Gasteiger partial charge in [0, 0.05) is 24.3 Å². The third-order valence-corrected chi connectivity index (χ3v) is 5.56. The zero-order valence-electron chi connectivity index (χ0n) is 18.5. The Morgan fingerprint density at radius 1 is 0.704 bits per heavy atom. The fourth-order valence-corrected chi connectivity index (χ4v) is 3.70. The lowest BCUT2D eigenvalue weighted by Crippen LogP contribution is -2.25. The lowest BCUT2D eigenvalue weighted by Gasteiger charge is -2.20. The first-order valence-electron chi connectivity index (χ1n) is 11.5. The molecule has 1 aromatic heterocycles. The van der Waals surface area contributed by atoms with Crippen molar-refractivity contribution in [3.05, 3.63) is 11.3 Å². The molecule has 0 aliphatic heterocycles. The summed E-state index contributed by atoms with van der Waals surface area (Å²) in [6.07, 6.45) is 17.5. The minimum Gasteiger partial charge on any atom is -0.383 e. The molecule has 2 N–H and O–H groups in total. The van der Waals surface area contributed by atoms with E-state index < -0.39 is 0 Å². The molecule has 0 spiro atoms. The Labute approximate surface area is 168 Å². The third kappa shape index (κ3) is 9.44. The minimum atomic E-state index is 0.674. The molecule has 0 aliphatic rings. The van der Waals surface area contributed by atoms with E-state index in [0.29, 0.717) is 5.82 Å². The first-order valence-corrected chi connectivity index (χ1v) is 11.5. The van der Waals surface area contributed by atoms with Gasteiger partial charge in [0.2, 0.25) is 5.95 Å². The van der Waals surface area contributed by atoms with E-state index in [1.165, 1.54) is 77.0 Å². The van der Waals surface area contributed by atoms with Gasteiger partial charge < -0.3 is 10.6 Å². The van der Waals surface area contributed by atoms with Gasteiger partial charge in [-0.3, -0.25) is 0 Å². The minimum absolute atomic E-state index is 0.674. The van der Waals surface area contributed by atoms with Crippen LogP contribution in [0.25, 0.3) is 0 Å². The van der Waals surface area contributed by atoms with E-state index >= 15 is 0 Å². The SMILES string of the molecule is CCCCCCCCCCCCCCc1c(C)nc(N(CC)CC)nc1N. The number of aromatic nitrogens is 2. The number of hydrogen-bond donors (Lipinski definition) is 1. The maximum atomic E-state index is 6.23. The van der Waals surface area contributed by atoms with Crippen molar-refractivity contribution in [1.82, 2.24) is 9.97 Å². The molecule has 1 heterocycles. The number of nitrogen functional groups attached to an aromatic ring is 1. The summed E-state index contributed by atoms with van der Waals surface area (Å²) < 4.78 is 0. The second kappa shape index (κ2) is 14.7. The van der Waals surface area contributed by atoms with Gasteiger partial charge in [0.05, 0.1) is 0 Å². The molecular formula is C23H44N4. The van der Waals surface area contributed by atoms with Crippen molar-refractivity contribution in [3.63, 3.8) is 0 Å². The van der Waals surface area contributed by atoms with Crippen molar-refractivity contribution in [3.8, 4) is 0 Å². The molecule has 4 nitrogen and oxygen atoms in total. The fourth-order valence-electron chi connectivity index (χ4n) is 3.70. The lowest BCUT2D eigenvalue weighted by atomic mass is 10.0. The van der Waals surface area contributed by atoms with Crippen LogP contribution in [0, 0.1) is 6.92 Å². The molecule has 156 valence electrons. The van der Waals surface area contributed by atoms with Gasteiger partial charge in [0.1, 0.15) is 5.82 Å². The molecule has 0 saturated heterocycles. The summed E-state index contributed by atoms with van der Waals surface area (Å²) in [5.74, 6) is 1.45. The molecule has 0 unspecified atom stereocenters. The van der Waals surface area contributed by atoms with Crippen LogP contribution in [0.2, 0.25) is 0 Å². The second-order valence-electron chi connectivity index (χ2n) is 7.78. The van der Waals surface area contributed by atoms with Crippen LogP contribution < -0.4 is 10.6 Å². The predicted molar refractivity (Wildman–Crippen MR) is 120 cm³/mol. The second-order valence-corrected chi connectivity index (χ2v) is 7.78. The fraction of sp³-hybridized carbons (Fsp3) is 0.826. The Balaban J connectivity index is 2.18. The van der Waals surface area contributed by atoms with Gasteiger partial charge >= 0.3 is 0 Å². The van der Waals surface area contributed by atoms with Crippen LogP contribution in [0.3, 0.4) is 0 Å². The van der Waals surface area contributed by atoms with E-state index in [2.05, 4.69) is 42.6 Å². The highest BCUT2D eigenvalue weighted by atomic mass is 15.3. The van der Waals surface area contributed by atoms with E-state index in [1.54, 1.807) is 0 Å². The van der Waals surface area contributed by atoms with Gasteiger partial charge in [0.15, 0.2) is 0 Å². The lowest BCUT2D eigenvalue weighted by molar-refractivity contribution is 0.544. The molecule has 4 heteroatoms. The number of nitrogens with two attached hydrogens (primary N) is 1. The maximum Gasteiger partial charge on any atom is 0.227 e. The van der Waals surface area contributed by atoms with Gasteiger partial charge in [0.25, 0.3) is 0 Å². The van der Waals surface area contributed by atoms with Crippen molar-refractivity contribution in [2.24, 2.45) is 0 Å². The van der Waals surface area contributed by atoms with Crippen molar-refractivity contribution in [2.75, 3.05) is 23.7 Å². The molecule has 0 saturated carbocycles. The molecular weight excluding hydrogens is 332 g/mol. The molecule has 0 aromatic carbocycles. The van der Waals surface area contributed by atoms with Crippen LogP contribution >= 0.6 is 0 Å². The summed E-state index contributed by atoms with van der Waals surface area (Å²) in [4.78, 5) is 11.4. The number of rotatable bonds is 16. The highest BCUT2D eigenvalue weighted by molar-refractivity contribution is 5.47. The number of aryl methyl sites for hydroxylation is 1. The Morgan fingerprint density at radius 2 is 1.19 bits per heavy atom. The van der Waals surface area contributed by atoms with Crippen molar-refractivity contribution < 1.29 is 0 Å². The maximum absolute atomic E-state index is 6.23. The van der Waals surface area contributed by atoms with Crippen LogP contribution in [0.1, 0.15) is 109 Å². The number of anilines is 2. The first-order chi connectivity index (χ1) is 13.1. The summed E-state index contributed by atoms with van der Waals surface area (Å²) in [6, 6.07) is 0. The number of hydrogen-bond acceptors (Lipinski definition) is 4. The molecule has 0 atom stereocenters. The predicted octanol–water partition coefficient (Wildman–Crippen LogP) is 6.46. The van der Waals surface area contributed by atoms with Crippen LogP contribution in [-0.2, 0) is 6.42 Å². The van der Waals surface area contributed by atoms with E-state index in [4.69, 9.17) is 5.73 Å². The molecule has 1 rings (SSSR count). The standard InChI is InChI=1S/C23H44N4/c1-5-8-9-10-11-12-13-14-15-16-17-18-19-21-20(4)25-23(26-22(21)24)27(6-2)7-3/h5-19H2,1-4H3,(H2,24,25,26). The van der Waals surface area contributed by atoms with Gasteiger partial charge in [-0.15, -0.1) is 0 Å². The van der Waals surface area contributed by atoms with E-state index in [0.717, 1.165) is 36.7 Å². The van der Waals surface area contributed by atoms with Crippen molar-refractivity contribution in [2.45, 2.75) is 111 Å². The highest BCUT2D eigenvalue weighted by Crippen LogP contribution is 2.21. The highest BCUT2D eigenvalue weighted by Gasteiger charge is 2.12. The molecule has 0 radical (unpaired) electrons. The largest absolute Gasteiger partial charge is 0.383 e.